The predicted molar refractivity (Wildman–Crippen MR) is 111 cm³/mol. The van der Waals surface area contributed by atoms with E-state index >= 15 is 4.39 Å². The summed E-state index contributed by atoms with van der Waals surface area (Å²) in [6.45, 7) is 4.13. The van der Waals surface area contributed by atoms with Gasteiger partial charge >= 0.3 is 5.97 Å². The molecule has 0 spiro atoms. The molecule has 0 amide bonds. The summed E-state index contributed by atoms with van der Waals surface area (Å²) in [5.41, 5.74) is 3.02. The maximum absolute atomic E-state index is 15.2. The van der Waals surface area contributed by atoms with Crippen LogP contribution in [0, 0.1) is 12.7 Å². The summed E-state index contributed by atoms with van der Waals surface area (Å²) < 4.78 is 16.4. The van der Waals surface area contributed by atoms with Crippen molar-refractivity contribution in [3.05, 3.63) is 56.8 Å². The van der Waals surface area contributed by atoms with E-state index in [4.69, 9.17) is 0 Å². The summed E-state index contributed by atoms with van der Waals surface area (Å²) in [5.74, 6) is -1.53. The van der Waals surface area contributed by atoms with Crippen molar-refractivity contribution in [1.82, 2.24) is 9.72 Å². The molecule has 6 nitrogen and oxygen atoms in total. The minimum Gasteiger partial charge on any atom is -0.477 e. The predicted octanol–water partition coefficient (Wildman–Crippen LogP) is 2.85. The Morgan fingerprint density at radius 2 is 2.10 bits per heavy atom. The number of carboxylic acid groups (broad SMARTS) is 1. The van der Waals surface area contributed by atoms with E-state index in [9.17, 15) is 14.7 Å². The lowest BCUT2D eigenvalue weighted by molar-refractivity contribution is 0.0694. The zero-order chi connectivity index (χ0) is 19.6. The Morgan fingerprint density at radius 3 is 2.76 bits per heavy atom. The van der Waals surface area contributed by atoms with Gasteiger partial charge in [0.1, 0.15) is 5.56 Å². The quantitative estimate of drug-likeness (QED) is 0.748. The summed E-state index contributed by atoms with van der Waals surface area (Å²) in [4.78, 5) is 26.2. The topological polar surface area (TPSA) is 74.0 Å². The average Bonchev–Trinajstić information content (AvgIpc) is 3.41. The SMILES string of the molecule is Cc1c(N2CC3=CCCN[C@H]3C2)c(F)cn2c(=O)c(C(=O)O)cc(C3CC3)c12.Cl. The van der Waals surface area contributed by atoms with Crippen LogP contribution in [-0.4, -0.2) is 41.2 Å². The summed E-state index contributed by atoms with van der Waals surface area (Å²) in [6, 6.07) is 1.74. The third-order valence-corrected chi connectivity index (χ3v) is 6.17. The maximum Gasteiger partial charge on any atom is 0.341 e. The van der Waals surface area contributed by atoms with Crippen molar-refractivity contribution in [3.8, 4) is 0 Å². The monoisotopic (exact) mass is 419 g/mol. The van der Waals surface area contributed by atoms with Crippen LogP contribution in [0.1, 0.15) is 46.7 Å². The van der Waals surface area contributed by atoms with Gasteiger partial charge in [-0.05, 0) is 61.4 Å². The first-order valence-corrected chi connectivity index (χ1v) is 9.74. The van der Waals surface area contributed by atoms with Crippen LogP contribution in [-0.2, 0) is 0 Å². The van der Waals surface area contributed by atoms with E-state index < -0.39 is 17.3 Å². The zero-order valence-corrected chi connectivity index (χ0v) is 16.9. The van der Waals surface area contributed by atoms with Crippen LogP contribution in [0.2, 0.25) is 0 Å². The van der Waals surface area contributed by atoms with E-state index in [2.05, 4.69) is 11.4 Å². The van der Waals surface area contributed by atoms with Crippen LogP contribution in [0.4, 0.5) is 10.1 Å². The van der Waals surface area contributed by atoms with E-state index in [1.54, 1.807) is 0 Å². The number of rotatable bonds is 3. The van der Waals surface area contributed by atoms with Crippen LogP contribution in [0.15, 0.2) is 28.7 Å². The number of carbonyl (C=O) groups is 1. The van der Waals surface area contributed by atoms with E-state index in [-0.39, 0.29) is 29.9 Å². The lowest BCUT2D eigenvalue weighted by Crippen LogP contribution is -2.36. The van der Waals surface area contributed by atoms with Gasteiger partial charge in [0.05, 0.1) is 17.4 Å². The van der Waals surface area contributed by atoms with Crippen molar-refractivity contribution in [2.45, 2.75) is 38.1 Å². The zero-order valence-electron chi connectivity index (χ0n) is 16.1. The molecule has 29 heavy (non-hydrogen) atoms. The molecule has 2 N–H and O–H groups in total. The van der Waals surface area contributed by atoms with Crippen LogP contribution in [0.5, 0.6) is 0 Å². The Labute approximate surface area is 173 Å². The number of aryl methyl sites for hydroxylation is 1. The number of aromatic nitrogens is 1. The Morgan fingerprint density at radius 1 is 1.34 bits per heavy atom. The summed E-state index contributed by atoms with van der Waals surface area (Å²) >= 11 is 0. The van der Waals surface area contributed by atoms with Crippen molar-refractivity contribution >= 4 is 29.6 Å². The number of anilines is 1. The second-order valence-electron chi connectivity index (χ2n) is 8.02. The summed E-state index contributed by atoms with van der Waals surface area (Å²) in [5, 5.41) is 12.9. The van der Waals surface area contributed by atoms with Crippen molar-refractivity contribution in [1.29, 1.82) is 0 Å². The molecule has 0 unspecified atom stereocenters. The third kappa shape index (κ3) is 3.13. The van der Waals surface area contributed by atoms with Gasteiger partial charge in [0, 0.05) is 19.1 Å². The van der Waals surface area contributed by atoms with Crippen molar-refractivity contribution in [3.63, 3.8) is 0 Å². The van der Waals surface area contributed by atoms with Gasteiger partial charge in [-0.1, -0.05) is 6.08 Å². The van der Waals surface area contributed by atoms with Gasteiger partial charge in [0.2, 0.25) is 0 Å². The number of halogens is 2. The normalized spacial score (nSPS) is 21.0. The van der Waals surface area contributed by atoms with Gasteiger partial charge in [-0.25, -0.2) is 9.18 Å². The number of carboxylic acids is 1. The molecule has 0 radical (unpaired) electrons. The number of nitrogens with zero attached hydrogens (tertiary/aromatic N) is 2. The molecule has 2 fully saturated rings. The molecule has 0 bridgehead atoms. The van der Waals surface area contributed by atoms with Crippen molar-refractivity contribution in [2.24, 2.45) is 0 Å². The van der Waals surface area contributed by atoms with Gasteiger partial charge in [-0.15, -0.1) is 12.4 Å². The largest absolute Gasteiger partial charge is 0.477 e. The van der Waals surface area contributed by atoms with Gasteiger partial charge < -0.3 is 15.3 Å². The van der Waals surface area contributed by atoms with E-state index in [1.165, 1.54) is 22.2 Å². The molecule has 2 aliphatic heterocycles. The highest BCUT2D eigenvalue weighted by atomic mass is 35.5. The molecule has 0 aromatic carbocycles. The molecule has 154 valence electrons. The maximum atomic E-state index is 15.2. The Kier molecular flexibility index (Phi) is 4.91. The first-order chi connectivity index (χ1) is 13.5. The van der Waals surface area contributed by atoms with E-state index in [1.807, 2.05) is 11.8 Å². The third-order valence-electron chi connectivity index (χ3n) is 6.17. The minimum absolute atomic E-state index is 0. The molecule has 2 aromatic rings. The number of nitrogens with one attached hydrogen (secondary N) is 1. The van der Waals surface area contributed by atoms with Gasteiger partial charge in [-0.2, -0.15) is 0 Å². The summed E-state index contributed by atoms with van der Waals surface area (Å²) in [7, 11) is 0. The molecule has 5 rings (SSSR count). The Hall–Kier alpha value is -2.38. The smallest absolute Gasteiger partial charge is 0.341 e. The fourth-order valence-corrected chi connectivity index (χ4v) is 4.71. The molecule has 8 heteroatoms. The second-order valence-corrected chi connectivity index (χ2v) is 8.02. The van der Waals surface area contributed by atoms with Crippen LogP contribution >= 0.6 is 12.4 Å². The van der Waals surface area contributed by atoms with Crippen LogP contribution < -0.4 is 15.8 Å². The number of hydrogen-bond donors (Lipinski definition) is 2. The van der Waals surface area contributed by atoms with Gasteiger partial charge in [0.25, 0.3) is 5.56 Å². The molecule has 4 heterocycles. The van der Waals surface area contributed by atoms with Crippen LogP contribution in [0.25, 0.3) is 5.52 Å². The molecule has 1 saturated heterocycles. The summed E-state index contributed by atoms with van der Waals surface area (Å²) in [6.07, 6.45) is 6.30. The van der Waals surface area contributed by atoms with Gasteiger partial charge in [0.15, 0.2) is 5.82 Å². The van der Waals surface area contributed by atoms with Crippen LogP contribution in [0.3, 0.4) is 0 Å². The first-order valence-electron chi connectivity index (χ1n) is 9.74. The first kappa shape index (κ1) is 19.9. The fourth-order valence-electron chi connectivity index (χ4n) is 4.71. The second kappa shape index (κ2) is 7.15. The minimum atomic E-state index is -1.27. The lowest BCUT2D eigenvalue weighted by atomic mass is 10.0. The molecule has 1 aliphatic carbocycles. The molecule has 3 aliphatic rings. The lowest BCUT2D eigenvalue weighted by Gasteiger charge is -2.24. The molecule has 1 saturated carbocycles. The molecule has 1 atom stereocenters. The van der Waals surface area contributed by atoms with Crippen molar-refractivity contribution < 1.29 is 14.3 Å². The molecular weight excluding hydrogens is 397 g/mol. The van der Waals surface area contributed by atoms with Gasteiger partial charge in [-0.3, -0.25) is 9.20 Å². The fraction of sp³-hybridized carbons (Fsp3) is 0.429. The highest BCUT2D eigenvalue weighted by Crippen LogP contribution is 2.44. The average molecular weight is 420 g/mol. The highest BCUT2D eigenvalue weighted by molar-refractivity contribution is 5.89. The number of aromatic carboxylic acids is 1. The number of fused-ring (bicyclic) bond motifs is 2. The Balaban J connectivity index is 0.00000205. The Bertz CT molecular complexity index is 1110. The standard InChI is InChI=1S/C21H22FN3O3.ClH/c1-11-18-14(12-4-5-12)7-15(21(27)28)20(26)25(18)9-16(22)19(11)24-8-13-3-2-6-23-17(13)10-24;/h3,7,9,12,17,23H,2,4-6,8,10H2,1H3,(H,27,28);1H/t17-;/m0./s1. The number of hydrogen-bond acceptors (Lipinski definition) is 4. The molecule has 2 aromatic heterocycles. The van der Waals surface area contributed by atoms with Crippen molar-refractivity contribution in [2.75, 3.05) is 24.5 Å². The van der Waals surface area contributed by atoms with E-state index in [0.29, 0.717) is 29.9 Å². The molecular formula is C21H23ClFN3O3. The number of pyridine rings is 2. The van der Waals surface area contributed by atoms with E-state index in [0.717, 1.165) is 31.4 Å². The highest BCUT2D eigenvalue weighted by Gasteiger charge is 2.34.